The molecule has 1 unspecified atom stereocenters. The van der Waals surface area contributed by atoms with Crippen molar-refractivity contribution in [3.05, 3.63) is 47.0 Å². The second-order valence-corrected chi connectivity index (χ2v) is 6.17. The number of hydrogen-bond acceptors (Lipinski definition) is 2. The van der Waals surface area contributed by atoms with Crippen LogP contribution in [0.4, 0.5) is 0 Å². The molecule has 0 fully saturated rings. The summed E-state index contributed by atoms with van der Waals surface area (Å²) in [6.07, 6.45) is 6.76. The molecule has 1 aliphatic carbocycles. The normalized spacial score (nSPS) is 16.9. The fourth-order valence-electron chi connectivity index (χ4n) is 2.65. The van der Waals surface area contributed by atoms with Crippen molar-refractivity contribution >= 4 is 23.4 Å². The van der Waals surface area contributed by atoms with E-state index in [9.17, 15) is 9.59 Å². The number of rotatable bonds is 6. The van der Waals surface area contributed by atoms with Crippen molar-refractivity contribution in [2.45, 2.75) is 32.7 Å². The molecule has 0 saturated carbocycles. The van der Waals surface area contributed by atoms with Gasteiger partial charge in [-0.05, 0) is 43.9 Å². The lowest BCUT2D eigenvalue weighted by Crippen LogP contribution is -2.43. The van der Waals surface area contributed by atoms with Crippen molar-refractivity contribution in [3.63, 3.8) is 0 Å². The molecule has 0 aromatic heterocycles. The average Bonchev–Trinajstić information content (AvgIpc) is 2.59. The summed E-state index contributed by atoms with van der Waals surface area (Å²) in [6, 6.07) is 7.34. The Morgan fingerprint density at radius 2 is 2.00 bits per heavy atom. The van der Waals surface area contributed by atoms with E-state index in [-0.39, 0.29) is 24.3 Å². The molecule has 0 radical (unpaired) electrons. The maximum atomic E-state index is 12.5. The summed E-state index contributed by atoms with van der Waals surface area (Å²) in [7, 11) is 0. The molecule has 23 heavy (non-hydrogen) atoms. The van der Waals surface area contributed by atoms with Gasteiger partial charge in [0, 0.05) is 24.0 Å². The molecule has 0 heterocycles. The lowest BCUT2D eigenvalue weighted by atomic mass is 9.93. The SMILES string of the molecule is CCN(CC(=O)NCc1ccc(Cl)cc1)C(=O)C1CC=CCC1. The summed E-state index contributed by atoms with van der Waals surface area (Å²) in [6.45, 7) is 3.01. The highest BCUT2D eigenvalue weighted by Gasteiger charge is 2.24. The van der Waals surface area contributed by atoms with Crippen LogP contribution >= 0.6 is 11.6 Å². The summed E-state index contributed by atoms with van der Waals surface area (Å²) in [5.41, 5.74) is 0.981. The van der Waals surface area contributed by atoms with Crippen molar-refractivity contribution in [1.29, 1.82) is 0 Å². The lowest BCUT2D eigenvalue weighted by molar-refractivity contribution is -0.139. The molecule has 1 aromatic carbocycles. The summed E-state index contributed by atoms with van der Waals surface area (Å²) in [5.74, 6) is -0.0380. The van der Waals surface area contributed by atoms with E-state index in [1.165, 1.54) is 0 Å². The molecule has 1 aliphatic rings. The Bertz CT molecular complexity index is 569. The van der Waals surface area contributed by atoms with Gasteiger partial charge in [0.05, 0.1) is 6.54 Å². The van der Waals surface area contributed by atoms with Crippen LogP contribution in [0.25, 0.3) is 0 Å². The first-order valence-corrected chi connectivity index (χ1v) is 8.43. The lowest BCUT2D eigenvalue weighted by Gasteiger charge is -2.26. The van der Waals surface area contributed by atoms with Gasteiger partial charge in [0.25, 0.3) is 0 Å². The summed E-state index contributed by atoms with van der Waals surface area (Å²) in [5, 5.41) is 3.52. The molecule has 1 N–H and O–H groups in total. The molecule has 0 bridgehead atoms. The Labute approximate surface area is 142 Å². The number of nitrogens with one attached hydrogen (secondary N) is 1. The Balaban J connectivity index is 1.83. The Morgan fingerprint density at radius 1 is 1.26 bits per heavy atom. The summed E-state index contributed by atoms with van der Waals surface area (Å²) < 4.78 is 0. The molecule has 4 nitrogen and oxygen atoms in total. The molecule has 1 atom stereocenters. The second-order valence-electron chi connectivity index (χ2n) is 5.74. The molecular weight excluding hydrogens is 312 g/mol. The highest BCUT2D eigenvalue weighted by Crippen LogP contribution is 2.20. The van der Waals surface area contributed by atoms with Crippen molar-refractivity contribution in [2.24, 2.45) is 5.92 Å². The van der Waals surface area contributed by atoms with Gasteiger partial charge in [-0.15, -0.1) is 0 Å². The molecule has 0 saturated heterocycles. The predicted molar refractivity (Wildman–Crippen MR) is 92.0 cm³/mol. The summed E-state index contributed by atoms with van der Waals surface area (Å²) >= 11 is 5.83. The number of likely N-dealkylation sites (N-methyl/N-ethyl adjacent to an activating group) is 1. The van der Waals surface area contributed by atoms with Gasteiger partial charge < -0.3 is 10.2 Å². The smallest absolute Gasteiger partial charge is 0.239 e. The van der Waals surface area contributed by atoms with Crippen molar-refractivity contribution in [2.75, 3.05) is 13.1 Å². The minimum absolute atomic E-state index is 0.0176. The predicted octanol–water partition coefficient (Wildman–Crippen LogP) is 3.16. The molecule has 0 spiro atoms. The number of carbonyl (C=O) groups is 2. The maximum Gasteiger partial charge on any atom is 0.239 e. The zero-order chi connectivity index (χ0) is 16.7. The third-order valence-corrected chi connectivity index (χ3v) is 4.30. The number of halogens is 1. The van der Waals surface area contributed by atoms with Crippen LogP contribution in [-0.4, -0.2) is 29.8 Å². The number of allylic oxidation sites excluding steroid dienone is 2. The highest BCUT2D eigenvalue weighted by atomic mass is 35.5. The minimum atomic E-state index is -0.137. The maximum absolute atomic E-state index is 12.5. The third kappa shape index (κ3) is 5.39. The van der Waals surface area contributed by atoms with Gasteiger partial charge in [-0.1, -0.05) is 35.9 Å². The zero-order valence-corrected chi connectivity index (χ0v) is 14.2. The number of nitrogens with zero attached hydrogens (tertiary/aromatic N) is 1. The Kier molecular flexibility index (Phi) is 6.66. The van der Waals surface area contributed by atoms with Crippen molar-refractivity contribution < 1.29 is 9.59 Å². The van der Waals surface area contributed by atoms with Gasteiger partial charge in [-0.3, -0.25) is 9.59 Å². The van der Waals surface area contributed by atoms with E-state index in [4.69, 9.17) is 11.6 Å². The van der Waals surface area contributed by atoms with Crippen molar-refractivity contribution in [1.82, 2.24) is 10.2 Å². The second kappa shape index (κ2) is 8.73. The number of hydrogen-bond donors (Lipinski definition) is 1. The third-order valence-electron chi connectivity index (χ3n) is 4.05. The van der Waals surface area contributed by atoms with E-state index in [0.717, 1.165) is 24.8 Å². The molecule has 124 valence electrons. The van der Waals surface area contributed by atoms with E-state index in [2.05, 4.69) is 17.5 Å². The largest absolute Gasteiger partial charge is 0.350 e. The first-order valence-electron chi connectivity index (χ1n) is 8.05. The number of carbonyl (C=O) groups excluding carboxylic acids is 2. The minimum Gasteiger partial charge on any atom is -0.350 e. The first-order chi connectivity index (χ1) is 11.1. The molecule has 5 heteroatoms. The van der Waals surface area contributed by atoms with Crippen LogP contribution in [0.15, 0.2) is 36.4 Å². The zero-order valence-electron chi connectivity index (χ0n) is 13.4. The van der Waals surface area contributed by atoms with E-state index in [0.29, 0.717) is 18.1 Å². The van der Waals surface area contributed by atoms with Gasteiger partial charge in [0.1, 0.15) is 0 Å². The molecule has 2 amide bonds. The van der Waals surface area contributed by atoms with E-state index < -0.39 is 0 Å². The van der Waals surface area contributed by atoms with Crippen LogP contribution in [0.5, 0.6) is 0 Å². The average molecular weight is 335 g/mol. The topological polar surface area (TPSA) is 49.4 Å². The van der Waals surface area contributed by atoms with Crippen LogP contribution < -0.4 is 5.32 Å². The number of benzene rings is 1. The van der Waals surface area contributed by atoms with E-state index in [1.807, 2.05) is 19.1 Å². The van der Waals surface area contributed by atoms with Crippen LogP contribution in [-0.2, 0) is 16.1 Å². The quantitative estimate of drug-likeness (QED) is 0.812. The van der Waals surface area contributed by atoms with Gasteiger partial charge in [-0.2, -0.15) is 0 Å². The Morgan fingerprint density at radius 3 is 2.61 bits per heavy atom. The van der Waals surface area contributed by atoms with Crippen LogP contribution in [0.3, 0.4) is 0 Å². The van der Waals surface area contributed by atoms with Crippen LogP contribution in [0.2, 0.25) is 5.02 Å². The molecule has 1 aromatic rings. The first kappa shape index (κ1) is 17.5. The Hall–Kier alpha value is -1.81. The van der Waals surface area contributed by atoms with E-state index >= 15 is 0 Å². The molecule has 0 aliphatic heterocycles. The fraction of sp³-hybridized carbons (Fsp3) is 0.444. The standard InChI is InChI=1S/C18H23ClN2O2/c1-2-21(18(23)15-6-4-3-5-7-15)13-17(22)20-12-14-8-10-16(19)11-9-14/h3-4,8-11,15H,2,5-7,12-13H2,1H3,(H,20,22). The van der Waals surface area contributed by atoms with Crippen LogP contribution in [0.1, 0.15) is 31.7 Å². The summed E-state index contributed by atoms with van der Waals surface area (Å²) in [4.78, 5) is 26.2. The van der Waals surface area contributed by atoms with Gasteiger partial charge in [-0.25, -0.2) is 0 Å². The van der Waals surface area contributed by atoms with E-state index in [1.54, 1.807) is 17.0 Å². The molecular formula is C18H23ClN2O2. The van der Waals surface area contributed by atoms with Crippen molar-refractivity contribution in [3.8, 4) is 0 Å². The fourth-order valence-corrected chi connectivity index (χ4v) is 2.78. The highest BCUT2D eigenvalue weighted by molar-refractivity contribution is 6.30. The van der Waals surface area contributed by atoms with Gasteiger partial charge >= 0.3 is 0 Å². The van der Waals surface area contributed by atoms with Gasteiger partial charge in [0.2, 0.25) is 11.8 Å². The number of amides is 2. The monoisotopic (exact) mass is 334 g/mol. The van der Waals surface area contributed by atoms with Crippen LogP contribution in [0, 0.1) is 5.92 Å². The molecule has 2 rings (SSSR count). The van der Waals surface area contributed by atoms with Gasteiger partial charge in [0.15, 0.2) is 0 Å².